The van der Waals surface area contributed by atoms with Crippen molar-refractivity contribution in [1.82, 2.24) is 0 Å². The lowest BCUT2D eigenvalue weighted by Crippen LogP contribution is -2.00. The van der Waals surface area contributed by atoms with Crippen LogP contribution in [-0.2, 0) is 19.4 Å². The molecule has 0 aromatic heterocycles. The van der Waals surface area contributed by atoms with E-state index in [2.05, 4.69) is 20.6 Å². The summed E-state index contributed by atoms with van der Waals surface area (Å²) in [6.07, 6.45) is 8.50. The molecule has 0 amide bonds. The summed E-state index contributed by atoms with van der Waals surface area (Å²) in [6, 6.07) is 12.9. The normalized spacial score (nSPS) is 18.5. The summed E-state index contributed by atoms with van der Waals surface area (Å²) >= 11 is 0. The van der Waals surface area contributed by atoms with E-state index in [0.717, 1.165) is 0 Å². The van der Waals surface area contributed by atoms with Crippen LogP contribution in [0.4, 0.5) is 0 Å². The zero-order chi connectivity index (χ0) is 31.0. The lowest BCUT2D eigenvalue weighted by atomic mass is 10.1. The number of nitrogens with zero attached hydrogens (tertiary/aromatic N) is 4. The van der Waals surface area contributed by atoms with Crippen LogP contribution in [0.1, 0.15) is 22.3 Å². The van der Waals surface area contributed by atoms with Crippen molar-refractivity contribution in [2.24, 2.45) is 20.6 Å². The maximum absolute atomic E-state index is 10.5. The fourth-order valence-electron chi connectivity index (χ4n) is 3.49. The van der Waals surface area contributed by atoms with E-state index < -0.39 is 11.5 Å². The first-order valence-electron chi connectivity index (χ1n) is 13.3. The topological polar surface area (TPSA) is 186 Å². The number of aromatic hydroxyl groups is 4. The number of oxime groups is 4. The zero-order valence-corrected chi connectivity index (χ0v) is 23.4. The molecule has 0 aliphatic carbocycles. The Bertz CT molecular complexity index is 1430. The summed E-state index contributed by atoms with van der Waals surface area (Å²) in [7, 11) is 0. The Hall–Kier alpha value is -5.92. The molecule has 2 aliphatic heterocycles. The highest BCUT2D eigenvalue weighted by Gasteiger charge is 2.10. The first-order chi connectivity index (χ1) is 21.5. The van der Waals surface area contributed by atoms with Crippen LogP contribution in [0.5, 0.6) is 34.5 Å². The Morgan fingerprint density at radius 2 is 0.773 bits per heavy atom. The van der Waals surface area contributed by atoms with Crippen molar-refractivity contribution < 1.29 is 49.3 Å². The second kappa shape index (κ2) is 16.5. The highest BCUT2D eigenvalue weighted by molar-refractivity contribution is 5.91. The van der Waals surface area contributed by atoms with E-state index in [4.69, 9.17) is 28.8 Å². The molecule has 0 spiro atoms. The molecular weight excluding hydrogens is 576 g/mol. The molecule has 2 heterocycles. The second-order valence-corrected chi connectivity index (χ2v) is 8.69. The maximum Gasteiger partial charge on any atom is 0.167 e. The monoisotopic (exact) mass is 606 g/mol. The molecule has 0 saturated carbocycles. The van der Waals surface area contributed by atoms with Gasteiger partial charge in [-0.3, -0.25) is 0 Å². The quantitative estimate of drug-likeness (QED) is 0.217. The minimum atomic E-state index is -0.425. The predicted octanol–water partition coefficient (Wildman–Crippen LogP) is 3.64. The number of ether oxygens (including phenoxy) is 2. The SMILES string of the molecule is Oc1c2cccc1OC/C=C\COc1cccc(c1O)/C=N/OCCO/N=C/c1ccc(c(O)c1O)/C=N/OCCO/N=C/2. The first kappa shape index (κ1) is 31.0. The van der Waals surface area contributed by atoms with Gasteiger partial charge in [0.05, 0.1) is 24.9 Å². The lowest BCUT2D eigenvalue weighted by molar-refractivity contribution is 0.0552. The number of hydrogen-bond acceptors (Lipinski definition) is 14. The molecule has 0 fully saturated rings. The van der Waals surface area contributed by atoms with E-state index >= 15 is 0 Å². The first-order valence-corrected chi connectivity index (χ1v) is 13.3. The number of para-hydroxylation sites is 2. The van der Waals surface area contributed by atoms with Crippen LogP contribution >= 0.6 is 0 Å². The van der Waals surface area contributed by atoms with Crippen molar-refractivity contribution in [3.05, 3.63) is 82.9 Å². The summed E-state index contributed by atoms with van der Waals surface area (Å²) in [5.41, 5.74) is 1.15. The third kappa shape index (κ3) is 9.04. The number of phenolic OH excluding ortho intramolecular Hbond substituents is 4. The molecule has 3 aromatic carbocycles. The molecule has 4 N–H and O–H groups in total. The molecule has 230 valence electrons. The lowest BCUT2D eigenvalue weighted by Gasteiger charge is -2.08. The molecule has 14 heteroatoms. The average Bonchev–Trinajstić information content (AvgIpc) is 3.02. The number of benzene rings is 3. The summed E-state index contributed by atoms with van der Waals surface area (Å²) in [5.74, 6) is -0.586. The highest BCUT2D eigenvalue weighted by Crippen LogP contribution is 2.31. The summed E-state index contributed by atoms with van der Waals surface area (Å²) < 4.78 is 11.2. The molecule has 3 aromatic rings. The molecule has 0 saturated heterocycles. The molecule has 0 unspecified atom stereocenters. The van der Waals surface area contributed by atoms with Gasteiger partial charge < -0.3 is 49.3 Å². The third-order valence-electron chi connectivity index (χ3n) is 5.71. The standard InChI is InChI=1S/C30H30N4O10/c35-27-21-5-3-7-25(27)39-11-1-2-12-40-26-8-4-6-22(28(26)36)18-32-42-14-16-44-34-20-24-10-9-23(29(37)30(24)38)19-33-43-15-13-41-31-17-21/h1-10,17-20,35-38H,11-16H2/b2-1-,31-17+,32-18+,33-19+,34-20+. The van der Waals surface area contributed by atoms with Crippen molar-refractivity contribution in [1.29, 1.82) is 0 Å². The van der Waals surface area contributed by atoms with Crippen LogP contribution in [0.15, 0.2) is 81.3 Å². The van der Waals surface area contributed by atoms with E-state index in [-0.39, 0.29) is 73.8 Å². The molecule has 0 radical (unpaired) electrons. The number of fused-ring (bicyclic) bond motifs is 16. The molecule has 44 heavy (non-hydrogen) atoms. The van der Waals surface area contributed by atoms with Gasteiger partial charge in [0.25, 0.3) is 0 Å². The molecule has 6 bridgehead atoms. The van der Waals surface area contributed by atoms with Gasteiger partial charge in [-0.05, 0) is 48.6 Å². The Balaban J connectivity index is 1.43. The highest BCUT2D eigenvalue weighted by atomic mass is 16.7. The van der Waals surface area contributed by atoms with E-state index in [1.165, 1.54) is 37.0 Å². The van der Waals surface area contributed by atoms with E-state index in [9.17, 15) is 20.4 Å². The van der Waals surface area contributed by atoms with Gasteiger partial charge in [0, 0.05) is 22.3 Å². The molecule has 2 aliphatic rings. The van der Waals surface area contributed by atoms with Crippen LogP contribution in [-0.4, -0.2) is 84.9 Å². The van der Waals surface area contributed by atoms with E-state index in [1.807, 2.05) is 0 Å². The zero-order valence-electron chi connectivity index (χ0n) is 23.4. The fourth-order valence-corrected chi connectivity index (χ4v) is 3.49. The van der Waals surface area contributed by atoms with Crippen molar-refractivity contribution in [3.63, 3.8) is 0 Å². The number of rotatable bonds is 0. The Morgan fingerprint density at radius 1 is 0.432 bits per heavy atom. The maximum atomic E-state index is 10.5. The van der Waals surface area contributed by atoms with Crippen LogP contribution < -0.4 is 9.47 Å². The predicted molar refractivity (Wildman–Crippen MR) is 160 cm³/mol. The summed E-state index contributed by atoms with van der Waals surface area (Å²) in [6.45, 7) is 0.465. The van der Waals surface area contributed by atoms with E-state index in [1.54, 1.807) is 48.6 Å². The second-order valence-electron chi connectivity index (χ2n) is 8.69. The molecule has 14 nitrogen and oxygen atoms in total. The van der Waals surface area contributed by atoms with Gasteiger partial charge in [-0.1, -0.05) is 32.8 Å². The summed E-state index contributed by atoms with van der Waals surface area (Å²) in [4.78, 5) is 20.4. The van der Waals surface area contributed by atoms with Gasteiger partial charge >= 0.3 is 0 Å². The Morgan fingerprint density at radius 3 is 1.14 bits per heavy atom. The smallest absolute Gasteiger partial charge is 0.167 e. The Kier molecular flexibility index (Phi) is 11.6. The largest absolute Gasteiger partial charge is 0.504 e. The average molecular weight is 607 g/mol. The van der Waals surface area contributed by atoms with Crippen LogP contribution in [0.25, 0.3) is 0 Å². The minimum Gasteiger partial charge on any atom is -0.504 e. The third-order valence-corrected chi connectivity index (χ3v) is 5.71. The van der Waals surface area contributed by atoms with Crippen LogP contribution in [0.2, 0.25) is 0 Å². The van der Waals surface area contributed by atoms with Gasteiger partial charge in [0.2, 0.25) is 0 Å². The van der Waals surface area contributed by atoms with Crippen molar-refractivity contribution in [2.75, 3.05) is 39.6 Å². The van der Waals surface area contributed by atoms with Gasteiger partial charge in [-0.15, -0.1) is 0 Å². The number of phenols is 4. The van der Waals surface area contributed by atoms with Crippen molar-refractivity contribution >= 4 is 24.9 Å². The molecule has 0 atom stereocenters. The van der Waals surface area contributed by atoms with Gasteiger partial charge in [-0.25, -0.2) is 0 Å². The van der Waals surface area contributed by atoms with Crippen LogP contribution in [0.3, 0.4) is 0 Å². The van der Waals surface area contributed by atoms with Gasteiger partial charge in [0.1, 0.15) is 13.2 Å². The van der Waals surface area contributed by atoms with Gasteiger partial charge in [0.15, 0.2) is 60.9 Å². The van der Waals surface area contributed by atoms with Crippen LogP contribution in [0, 0.1) is 0 Å². The molecular formula is C30H30N4O10. The Labute approximate surface area is 251 Å². The molecule has 5 rings (SSSR count). The van der Waals surface area contributed by atoms with E-state index in [0.29, 0.717) is 11.1 Å². The van der Waals surface area contributed by atoms with Gasteiger partial charge in [-0.2, -0.15) is 0 Å². The minimum absolute atomic E-state index is 0.0356. The van der Waals surface area contributed by atoms with Crippen molar-refractivity contribution in [3.8, 4) is 34.5 Å². The summed E-state index contributed by atoms with van der Waals surface area (Å²) in [5, 5.41) is 56.6. The fraction of sp³-hybridized carbons (Fsp3) is 0.200. The van der Waals surface area contributed by atoms with Crippen molar-refractivity contribution in [2.45, 2.75) is 0 Å². The number of hydrogen-bond donors (Lipinski definition) is 4.